The highest BCUT2D eigenvalue weighted by Crippen LogP contribution is 2.35. The first-order valence-electron chi connectivity index (χ1n) is 7.17. The molecule has 114 valence electrons. The van der Waals surface area contributed by atoms with Gasteiger partial charge in [0.2, 0.25) is 11.8 Å². The second-order valence-corrected chi connectivity index (χ2v) is 8.09. The van der Waals surface area contributed by atoms with Gasteiger partial charge in [0.1, 0.15) is 21.9 Å². The minimum absolute atomic E-state index is 0.0616. The van der Waals surface area contributed by atoms with Crippen LogP contribution < -0.4 is 5.32 Å². The number of piperazine rings is 1. The molecule has 2 aliphatic rings. The molecule has 1 heterocycles. The summed E-state index contributed by atoms with van der Waals surface area (Å²) in [6.45, 7) is 3.63. The summed E-state index contributed by atoms with van der Waals surface area (Å²) in [5.41, 5.74) is 0. The van der Waals surface area contributed by atoms with Gasteiger partial charge >= 0.3 is 0 Å². The van der Waals surface area contributed by atoms with Gasteiger partial charge in [-0.05, 0) is 32.1 Å². The van der Waals surface area contributed by atoms with E-state index in [0.29, 0.717) is 13.0 Å². The van der Waals surface area contributed by atoms with E-state index in [2.05, 4.69) is 5.32 Å². The molecule has 1 saturated heterocycles. The van der Waals surface area contributed by atoms with Gasteiger partial charge in [-0.3, -0.25) is 9.59 Å². The van der Waals surface area contributed by atoms with E-state index in [1.807, 2.05) is 0 Å². The van der Waals surface area contributed by atoms with E-state index in [1.165, 1.54) is 4.90 Å². The molecule has 2 amide bonds. The van der Waals surface area contributed by atoms with E-state index in [0.717, 1.165) is 12.8 Å². The lowest BCUT2D eigenvalue weighted by molar-refractivity contribution is -0.149. The molecule has 2 unspecified atom stereocenters. The van der Waals surface area contributed by atoms with E-state index in [1.54, 1.807) is 13.8 Å². The van der Waals surface area contributed by atoms with Crippen LogP contribution in [-0.2, 0) is 19.4 Å². The van der Waals surface area contributed by atoms with Crippen molar-refractivity contribution in [3.8, 4) is 0 Å². The average Bonchev–Trinajstić information content (AvgIpc) is 3.22. The Morgan fingerprint density at radius 1 is 1.30 bits per heavy atom. The first-order valence-corrected chi connectivity index (χ1v) is 8.99. The van der Waals surface area contributed by atoms with Crippen LogP contribution in [0.4, 0.5) is 0 Å². The lowest BCUT2D eigenvalue weighted by atomic mass is 10.0. The zero-order chi connectivity index (χ0) is 14.9. The van der Waals surface area contributed by atoms with Crippen LogP contribution in [0.2, 0.25) is 0 Å². The molecule has 1 saturated carbocycles. The zero-order valence-electron chi connectivity index (χ0n) is 12.0. The topological polar surface area (TPSA) is 83.6 Å². The molecule has 2 atom stereocenters. The van der Waals surface area contributed by atoms with Gasteiger partial charge in [0.25, 0.3) is 0 Å². The smallest absolute Gasteiger partial charge is 0.246 e. The van der Waals surface area contributed by atoms with E-state index in [4.69, 9.17) is 0 Å². The Labute approximate surface area is 119 Å². The van der Waals surface area contributed by atoms with Gasteiger partial charge in [-0.15, -0.1) is 0 Å². The summed E-state index contributed by atoms with van der Waals surface area (Å²) in [5, 5.41) is 2.78. The van der Waals surface area contributed by atoms with Crippen LogP contribution in [0.5, 0.6) is 0 Å². The van der Waals surface area contributed by atoms with Gasteiger partial charge < -0.3 is 10.2 Å². The van der Waals surface area contributed by atoms with Gasteiger partial charge in [0.15, 0.2) is 0 Å². The highest BCUT2D eigenvalue weighted by atomic mass is 32.2. The second kappa shape index (κ2) is 5.71. The first kappa shape index (κ1) is 15.3. The summed E-state index contributed by atoms with van der Waals surface area (Å²) < 4.78 is 22.9. The number of carbonyl (C=O) groups is 2. The molecule has 0 aromatic carbocycles. The Morgan fingerprint density at radius 3 is 2.50 bits per heavy atom. The van der Waals surface area contributed by atoms with Crippen LogP contribution in [0, 0.1) is 5.92 Å². The van der Waals surface area contributed by atoms with E-state index < -0.39 is 21.9 Å². The molecule has 7 heteroatoms. The predicted octanol–water partition coefficient (Wildman–Crippen LogP) is -0.0633. The van der Waals surface area contributed by atoms with Crippen LogP contribution in [0.15, 0.2) is 0 Å². The maximum atomic E-state index is 12.3. The molecular formula is C13H22N2O4S. The minimum atomic E-state index is -3.02. The van der Waals surface area contributed by atoms with E-state index in [-0.39, 0.29) is 29.2 Å². The number of sulfone groups is 1. The highest BCUT2D eigenvalue weighted by Gasteiger charge is 2.45. The lowest BCUT2D eigenvalue weighted by Gasteiger charge is -2.37. The fraction of sp³-hybridized carbons (Fsp3) is 0.846. The van der Waals surface area contributed by atoms with Crippen LogP contribution >= 0.6 is 0 Å². The van der Waals surface area contributed by atoms with Crippen molar-refractivity contribution in [3.05, 3.63) is 0 Å². The molecule has 2 fully saturated rings. The normalized spacial score (nSPS) is 27.6. The Hall–Kier alpha value is -1.11. The van der Waals surface area contributed by atoms with Gasteiger partial charge in [-0.25, -0.2) is 8.42 Å². The third kappa shape index (κ3) is 3.31. The Morgan fingerprint density at radius 2 is 1.95 bits per heavy atom. The van der Waals surface area contributed by atoms with Crippen molar-refractivity contribution in [2.45, 2.75) is 45.2 Å². The molecule has 6 nitrogen and oxygen atoms in total. The fourth-order valence-electron chi connectivity index (χ4n) is 2.50. The fourth-order valence-corrected chi connectivity index (χ4v) is 3.36. The van der Waals surface area contributed by atoms with Crippen molar-refractivity contribution in [1.29, 1.82) is 0 Å². The third-order valence-electron chi connectivity index (χ3n) is 4.08. The second-order valence-electron chi connectivity index (χ2n) is 5.62. The predicted molar refractivity (Wildman–Crippen MR) is 74.8 cm³/mol. The monoisotopic (exact) mass is 302 g/mol. The average molecular weight is 302 g/mol. The summed E-state index contributed by atoms with van der Waals surface area (Å²) in [4.78, 5) is 25.8. The van der Waals surface area contributed by atoms with E-state index >= 15 is 0 Å². The lowest BCUT2D eigenvalue weighted by Crippen LogP contribution is -2.63. The molecule has 2 rings (SSSR count). The van der Waals surface area contributed by atoms with Crippen LogP contribution in [-0.4, -0.2) is 55.3 Å². The summed E-state index contributed by atoms with van der Waals surface area (Å²) in [6.07, 6.45) is 2.34. The third-order valence-corrected chi connectivity index (χ3v) is 5.87. The van der Waals surface area contributed by atoms with Gasteiger partial charge in [0.05, 0.1) is 5.75 Å². The number of nitrogens with one attached hydrogen (secondary N) is 1. The molecule has 0 radical (unpaired) electrons. The number of carbonyl (C=O) groups excluding carboxylic acids is 2. The molecule has 1 N–H and O–H groups in total. The quantitative estimate of drug-likeness (QED) is 0.745. The van der Waals surface area contributed by atoms with Gasteiger partial charge in [-0.2, -0.15) is 0 Å². The summed E-state index contributed by atoms with van der Waals surface area (Å²) in [7, 11) is -3.02. The highest BCUT2D eigenvalue weighted by molar-refractivity contribution is 7.91. The standard InChI is InChI=1S/C13H22N2O4S/c1-3-20(18,19)8-4-7-15-9(2)12(16)14-11(13(15)17)10-5-6-10/h9-11H,3-8H2,1-2H3,(H,14,16). The number of hydrogen-bond donors (Lipinski definition) is 1. The summed E-state index contributed by atoms with van der Waals surface area (Å²) in [6, 6.07) is -0.914. The maximum Gasteiger partial charge on any atom is 0.246 e. The first-order chi connectivity index (χ1) is 9.35. The van der Waals surface area contributed by atoms with Gasteiger partial charge in [-0.1, -0.05) is 6.92 Å². The number of nitrogens with zero attached hydrogens (tertiary/aromatic N) is 1. The number of rotatable bonds is 6. The van der Waals surface area contributed by atoms with E-state index in [9.17, 15) is 18.0 Å². The minimum Gasteiger partial charge on any atom is -0.342 e. The molecule has 0 aromatic rings. The van der Waals surface area contributed by atoms with Crippen molar-refractivity contribution in [2.24, 2.45) is 5.92 Å². The Balaban J connectivity index is 1.96. The van der Waals surface area contributed by atoms with Gasteiger partial charge in [0, 0.05) is 12.3 Å². The van der Waals surface area contributed by atoms with Crippen molar-refractivity contribution >= 4 is 21.7 Å². The number of hydrogen-bond acceptors (Lipinski definition) is 4. The molecule has 0 bridgehead atoms. The molecule has 1 aliphatic carbocycles. The number of amides is 2. The van der Waals surface area contributed by atoms with Crippen molar-refractivity contribution in [2.75, 3.05) is 18.1 Å². The van der Waals surface area contributed by atoms with Crippen molar-refractivity contribution in [3.63, 3.8) is 0 Å². The molecule has 0 spiro atoms. The molecular weight excluding hydrogens is 280 g/mol. The van der Waals surface area contributed by atoms with Crippen molar-refractivity contribution in [1.82, 2.24) is 10.2 Å². The molecule has 20 heavy (non-hydrogen) atoms. The summed E-state index contributed by atoms with van der Waals surface area (Å²) in [5.74, 6) is 0.242. The largest absolute Gasteiger partial charge is 0.342 e. The Bertz CT molecular complexity index is 499. The SMILES string of the molecule is CCS(=O)(=O)CCCN1C(=O)C(C2CC2)NC(=O)C1C. The molecule has 1 aliphatic heterocycles. The van der Waals surface area contributed by atoms with Crippen LogP contribution in [0.1, 0.15) is 33.1 Å². The van der Waals surface area contributed by atoms with Crippen LogP contribution in [0.25, 0.3) is 0 Å². The maximum absolute atomic E-state index is 12.3. The molecule has 0 aromatic heterocycles. The summed E-state index contributed by atoms with van der Waals surface area (Å²) >= 11 is 0. The van der Waals surface area contributed by atoms with Crippen molar-refractivity contribution < 1.29 is 18.0 Å². The van der Waals surface area contributed by atoms with Crippen LogP contribution in [0.3, 0.4) is 0 Å². The zero-order valence-corrected chi connectivity index (χ0v) is 12.8. The Kier molecular flexibility index (Phi) is 4.36.